The maximum Gasteiger partial charge on any atom is 0.341 e. The number of carbonyl (C=O) groups is 3. The van der Waals surface area contributed by atoms with Gasteiger partial charge in [0.2, 0.25) is 5.91 Å². The van der Waals surface area contributed by atoms with E-state index in [1.165, 1.54) is 5.01 Å². The van der Waals surface area contributed by atoms with Crippen LogP contribution in [0.1, 0.15) is 34.1 Å². The van der Waals surface area contributed by atoms with Crippen LogP contribution in [-0.4, -0.2) is 50.3 Å². The van der Waals surface area contributed by atoms with Gasteiger partial charge in [0, 0.05) is 11.3 Å². The summed E-state index contributed by atoms with van der Waals surface area (Å²) in [4.78, 5) is 38.2. The molecule has 2 amide bonds. The lowest BCUT2D eigenvalue weighted by atomic mass is 10.1. The highest BCUT2D eigenvalue weighted by Crippen LogP contribution is 2.38. The molecule has 1 aromatic heterocycles. The van der Waals surface area contributed by atoms with Gasteiger partial charge in [-0.05, 0) is 31.0 Å². The molecule has 0 saturated carbocycles. The first-order valence-corrected chi connectivity index (χ1v) is 12.9. The number of hydrogen-bond acceptors (Lipinski definition) is 9. The Morgan fingerprint density at radius 1 is 1.27 bits per heavy atom. The molecular formula is C21H22N4O6S2. The van der Waals surface area contributed by atoms with Crippen molar-refractivity contribution in [2.24, 2.45) is 10.8 Å². The number of hydrazone groups is 1. The number of thiophene rings is 1. The molecule has 0 aliphatic carbocycles. The van der Waals surface area contributed by atoms with Crippen LogP contribution in [0.15, 0.2) is 35.4 Å². The zero-order valence-corrected chi connectivity index (χ0v) is 19.4. The van der Waals surface area contributed by atoms with Gasteiger partial charge in [0.1, 0.15) is 16.8 Å². The zero-order valence-electron chi connectivity index (χ0n) is 17.7. The van der Waals surface area contributed by atoms with Crippen LogP contribution in [-0.2, 0) is 36.3 Å². The molecule has 3 heterocycles. The smallest absolute Gasteiger partial charge is 0.341 e. The number of sulfone groups is 1. The number of ether oxygens (including phenoxy) is 1. The lowest BCUT2D eigenvalue weighted by Crippen LogP contribution is -2.39. The van der Waals surface area contributed by atoms with Gasteiger partial charge >= 0.3 is 5.97 Å². The molecule has 1 aromatic carbocycles. The number of amides is 2. The summed E-state index contributed by atoms with van der Waals surface area (Å²) >= 11 is 1.04. The molecule has 0 radical (unpaired) electrons. The molecule has 4 rings (SSSR count). The van der Waals surface area contributed by atoms with Gasteiger partial charge < -0.3 is 15.8 Å². The van der Waals surface area contributed by atoms with Crippen LogP contribution in [0.2, 0.25) is 0 Å². The van der Waals surface area contributed by atoms with Crippen LogP contribution >= 0.6 is 11.3 Å². The second-order valence-corrected chi connectivity index (χ2v) is 10.9. The van der Waals surface area contributed by atoms with E-state index in [1.54, 1.807) is 31.2 Å². The second kappa shape index (κ2) is 8.94. The quantitative estimate of drug-likeness (QED) is 0.582. The highest BCUT2D eigenvalue weighted by molar-refractivity contribution is 7.90. The number of esters is 1. The minimum atomic E-state index is -3.27. The largest absolute Gasteiger partial charge is 0.462 e. The highest BCUT2D eigenvalue weighted by Gasteiger charge is 2.37. The molecule has 33 heavy (non-hydrogen) atoms. The number of benzene rings is 1. The Bertz CT molecular complexity index is 1250. The first-order chi connectivity index (χ1) is 15.7. The minimum Gasteiger partial charge on any atom is -0.462 e. The van der Waals surface area contributed by atoms with Crippen LogP contribution in [0.3, 0.4) is 0 Å². The summed E-state index contributed by atoms with van der Waals surface area (Å²) in [7, 11) is -3.27. The minimum absolute atomic E-state index is 0.00965. The van der Waals surface area contributed by atoms with Crippen LogP contribution < -0.4 is 16.1 Å². The van der Waals surface area contributed by atoms with E-state index in [0.717, 1.165) is 11.3 Å². The van der Waals surface area contributed by atoms with Gasteiger partial charge in [0.25, 0.3) is 5.91 Å². The van der Waals surface area contributed by atoms with E-state index < -0.39 is 33.7 Å². The van der Waals surface area contributed by atoms with Crippen molar-refractivity contribution in [1.82, 2.24) is 0 Å². The van der Waals surface area contributed by atoms with Crippen LogP contribution in [0.4, 0.5) is 10.7 Å². The molecule has 1 unspecified atom stereocenters. The van der Waals surface area contributed by atoms with Gasteiger partial charge in [-0.1, -0.05) is 18.2 Å². The number of hydrogen-bond donors (Lipinski definition) is 2. The summed E-state index contributed by atoms with van der Waals surface area (Å²) in [5, 5.41) is 8.59. The molecule has 174 valence electrons. The average molecular weight is 491 g/mol. The maximum atomic E-state index is 13.0. The molecule has 0 bridgehead atoms. The molecule has 2 aliphatic rings. The van der Waals surface area contributed by atoms with Gasteiger partial charge in [-0.15, -0.1) is 11.3 Å². The van der Waals surface area contributed by atoms with E-state index in [9.17, 15) is 22.8 Å². The number of rotatable bonds is 6. The summed E-state index contributed by atoms with van der Waals surface area (Å²) in [6.45, 7) is 1.79. The fourth-order valence-electron chi connectivity index (χ4n) is 3.79. The third-order valence-electron chi connectivity index (χ3n) is 5.33. The zero-order chi connectivity index (χ0) is 23.8. The molecule has 3 N–H and O–H groups in total. The van der Waals surface area contributed by atoms with E-state index in [0.29, 0.717) is 16.1 Å². The third kappa shape index (κ3) is 4.62. The highest BCUT2D eigenvalue weighted by atomic mass is 32.2. The molecule has 12 heteroatoms. The molecule has 0 fully saturated rings. The fraction of sp³-hybridized carbons (Fsp3) is 0.333. The van der Waals surface area contributed by atoms with E-state index in [1.807, 2.05) is 6.07 Å². The van der Waals surface area contributed by atoms with Crippen molar-refractivity contribution in [3.8, 4) is 0 Å². The Morgan fingerprint density at radius 2 is 2.00 bits per heavy atom. The summed E-state index contributed by atoms with van der Waals surface area (Å²) < 4.78 is 29.3. The normalized spacial score (nSPS) is 18.9. The molecule has 10 nitrogen and oxygen atoms in total. The lowest BCUT2D eigenvalue weighted by Gasteiger charge is -2.20. The van der Waals surface area contributed by atoms with Crippen molar-refractivity contribution in [3.63, 3.8) is 0 Å². The van der Waals surface area contributed by atoms with Gasteiger partial charge in [0.15, 0.2) is 9.84 Å². The predicted octanol–water partition coefficient (Wildman–Crippen LogP) is 1.45. The number of fused-ring (bicyclic) bond motifs is 1. The summed E-state index contributed by atoms with van der Waals surface area (Å²) in [5.41, 5.74) is 6.95. The standard InChI is InChI=1S/C21H22N4O6S2/c1-2-31-21(28)17-13-8-9-33(29,30)11-16(13)32-20(17)23-19(27)14-10-15(18(22)26)25(24-14)12-6-4-3-5-7-12/h3-7,15H,2,8-11H2,1H3,(H2,22,26)(H,23,27). The van der Waals surface area contributed by atoms with Crippen molar-refractivity contribution >= 4 is 55.4 Å². The van der Waals surface area contributed by atoms with Crippen molar-refractivity contribution in [3.05, 3.63) is 46.3 Å². The van der Waals surface area contributed by atoms with Gasteiger partial charge in [0.05, 0.1) is 29.4 Å². The predicted molar refractivity (Wildman–Crippen MR) is 124 cm³/mol. The Hall–Kier alpha value is -3.25. The SMILES string of the molecule is CCOC(=O)c1c(NC(=O)C2=NN(c3ccccc3)C(C(N)=O)C2)sc2c1CCS(=O)(=O)C2. The fourth-order valence-corrected chi connectivity index (χ4v) is 6.83. The summed E-state index contributed by atoms with van der Waals surface area (Å²) in [5.74, 6) is -2.13. The number of nitrogens with zero attached hydrogens (tertiary/aromatic N) is 2. The number of anilines is 2. The third-order valence-corrected chi connectivity index (χ3v) is 8.22. The van der Waals surface area contributed by atoms with Gasteiger partial charge in [-0.3, -0.25) is 14.6 Å². The van der Waals surface area contributed by atoms with E-state index in [-0.39, 0.29) is 47.2 Å². The Morgan fingerprint density at radius 3 is 2.67 bits per heavy atom. The second-order valence-electron chi connectivity index (χ2n) is 7.57. The van der Waals surface area contributed by atoms with Crippen molar-refractivity contribution < 1.29 is 27.5 Å². The summed E-state index contributed by atoms with van der Waals surface area (Å²) in [6, 6.07) is 8.01. The average Bonchev–Trinajstić information content (AvgIpc) is 3.35. The first kappa shape index (κ1) is 22.9. The Labute approximate surface area is 194 Å². The van der Waals surface area contributed by atoms with Gasteiger partial charge in [-0.25, -0.2) is 13.2 Å². The van der Waals surface area contributed by atoms with E-state index in [2.05, 4.69) is 10.4 Å². The molecule has 0 saturated heterocycles. The maximum absolute atomic E-state index is 13.0. The van der Waals surface area contributed by atoms with Crippen LogP contribution in [0.25, 0.3) is 0 Å². The topological polar surface area (TPSA) is 148 Å². The van der Waals surface area contributed by atoms with Crippen LogP contribution in [0.5, 0.6) is 0 Å². The van der Waals surface area contributed by atoms with E-state index in [4.69, 9.17) is 10.5 Å². The number of nitrogens with one attached hydrogen (secondary N) is 1. The van der Waals surface area contributed by atoms with Crippen molar-refractivity contribution in [2.45, 2.75) is 31.6 Å². The van der Waals surface area contributed by atoms with E-state index >= 15 is 0 Å². The first-order valence-electron chi connectivity index (χ1n) is 10.2. The summed E-state index contributed by atoms with van der Waals surface area (Å²) in [6.07, 6.45) is 0.162. The van der Waals surface area contributed by atoms with Crippen molar-refractivity contribution in [1.29, 1.82) is 0 Å². The van der Waals surface area contributed by atoms with Gasteiger partial charge in [-0.2, -0.15) is 5.10 Å². The molecule has 0 spiro atoms. The monoisotopic (exact) mass is 490 g/mol. The molecule has 2 aliphatic heterocycles. The molecule has 1 atom stereocenters. The Kier molecular flexibility index (Phi) is 6.21. The van der Waals surface area contributed by atoms with Crippen molar-refractivity contribution in [2.75, 3.05) is 22.7 Å². The molecular weight excluding hydrogens is 468 g/mol. The number of primary amides is 1. The lowest BCUT2D eigenvalue weighted by molar-refractivity contribution is -0.119. The number of nitrogens with two attached hydrogens (primary N) is 1. The molecule has 2 aromatic rings. The number of para-hydroxylation sites is 1. The Balaban J connectivity index is 1.65. The number of carbonyl (C=O) groups excluding carboxylic acids is 3. The van der Waals surface area contributed by atoms with Crippen LogP contribution in [0, 0.1) is 0 Å².